The van der Waals surface area contributed by atoms with Crippen molar-refractivity contribution >= 4 is 54.7 Å². The Hall–Kier alpha value is -4.31. The number of sulfonamides is 1. The summed E-state index contributed by atoms with van der Waals surface area (Å²) in [6.07, 6.45) is 0.0427. The minimum absolute atomic E-state index is 0.0997. The third kappa shape index (κ3) is 5.98. The SMILES string of the molecule is COCCN(Cc1ccccc1)S(=O)(=O)c1ccc2c(c1)[C@]1(CCN(C(=O)OC)C1)CN2C(=O)Nc1nc2ccc(OC)nc2s1. The van der Waals surface area contributed by atoms with Gasteiger partial charge in [0.25, 0.3) is 0 Å². The maximum Gasteiger partial charge on any atom is 0.409 e. The molecule has 2 aliphatic rings. The minimum Gasteiger partial charge on any atom is -0.481 e. The van der Waals surface area contributed by atoms with Gasteiger partial charge in [0.2, 0.25) is 15.9 Å². The van der Waals surface area contributed by atoms with Crippen LogP contribution in [-0.4, -0.2) is 93.8 Å². The third-order valence-electron chi connectivity index (χ3n) is 8.36. The van der Waals surface area contributed by atoms with Crippen LogP contribution >= 0.6 is 11.3 Å². The second kappa shape index (κ2) is 12.8. The van der Waals surface area contributed by atoms with E-state index in [2.05, 4.69) is 15.3 Å². The quantitative estimate of drug-likeness (QED) is 0.277. The average molecular weight is 667 g/mol. The Morgan fingerprint density at radius 3 is 2.59 bits per heavy atom. The summed E-state index contributed by atoms with van der Waals surface area (Å²) in [6.45, 7) is 1.45. The number of fused-ring (bicyclic) bond motifs is 3. The highest BCUT2D eigenvalue weighted by molar-refractivity contribution is 7.89. The Morgan fingerprint density at radius 2 is 1.85 bits per heavy atom. The van der Waals surface area contributed by atoms with Crippen molar-refractivity contribution in [1.29, 1.82) is 0 Å². The molecule has 0 radical (unpaired) electrons. The van der Waals surface area contributed by atoms with Crippen molar-refractivity contribution in [2.45, 2.75) is 23.3 Å². The van der Waals surface area contributed by atoms with Crippen molar-refractivity contribution in [3.05, 3.63) is 71.8 Å². The number of ether oxygens (including phenoxy) is 3. The number of urea groups is 1. The maximum atomic E-state index is 14.1. The second-order valence-electron chi connectivity index (χ2n) is 11.1. The number of rotatable bonds is 9. The maximum absolute atomic E-state index is 14.1. The van der Waals surface area contributed by atoms with E-state index in [0.29, 0.717) is 45.6 Å². The van der Waals surface area contributed by atoms with E-state index in [1.807, 2.05) is 30.3 Å². The van der Waals surface area contributed by atoms with Crippen molar-refractivity contribution in [2.24, 2.45) is 0 Å². The number of aromatic nitrogens is 2. The molecule has 6 rings (SSSR count). The predicted octanol–water partition coefficient (Wildman–Crippen LogP) is 4.30. The molecule has 3 amide bonds. The molecule has 1 spiro atoms. The fourth-order valence-electron chi connectivity index (χ4n) is 6.04. The monoisotopic (exact) mass is 666 g/mol. The van der Waals surface area contributed by atoms with Crippen molar-refractivity contribution in [3.8, 4) is 5.88 Å². The Labute approximate surface area is 270 Å². The first-order chi connectivity index (χ1) is 22.2. The van der Waals surface area contributed by atoms with E-state index in [-0.39, 0.29) is 37.7 Å². The number of amides is 3. The van der Waals surface area contributed by atoms with Crippen LogP contribution in [0.2, 0.25) is 0 Å². The number of nitrogens with zero attached hydrogens (tertiary/aromatic N) is 5. The largest absolute Gasteiger partial charge is 0.481 e. The molecule has 46 heavy (non-hydrogen) atoms. The van der Waals surface area contributed by atoms with Crippen molar-refractivity contribution in [3.63, 3.8) is 0 Å². The van der Waals surface area contributed by atoms with Crippen molar-refractivity contribution in [2.75, 3.05) is 64.3 Å². The van der Waals surface area contributed by atoms with Gasteiger partial charge in [0.05, 0.1) is 25.7 Å². The zero-order valence-corrected chi connectivity index (χ0v) is 27.3. The summed E-state index contributed by atoms with van der Waals surface area (Å²) < 4.78 is 45.1. The van der Waals surface area contributed by atoms with E-state index >= 15 is 0 Å². The molecule has 242 valence electrons. The lowest BCUT2D eigenvalue weighted by atomic mass is 9.81. The molecular weight excluding hydrogens is 633 g/mol. The number of carbonyl (C=O) groups is 2. The zero-order valence-electron chi connectivity index (χ0n) is 25.6. The Balaban J connectivity index is 1.35. The van der Waals surface area contributed by atoms with Crippen LogP contribution in [0, 0.1) is 0 Å². The van der Waals surface area contributed by atoms with E-state index in [4.69, 9.17) is 14.2 Å². The van der Waals surface area contributed by atoms with Gasteiger partial charge in [0.1, 0.15) is 10.3 Å². The normalized spacial score (nSPS) is 17.6. The molecule has 13 nitrogen and oxygen atoms in total. The zero-order chi connectivity index (χ0) is 32.5. The van der Waals surface area contributed by atoms with Gasteiger partial charge >= 0.3 is 12.1 Å². The molecular formula is C31H34N6O7S2. The number of pyridine rings is 1. The lowest BCUT2D eigenvalue weighted by molar-refractivity contribution is 0.131. The molecule has 0 unspecified atom stereocenters. The fraction of sp³-hybridized carbons (Fsp3) is 0.355. The first-order valence-corrected chi connectivity index (χ1v) is 16.8. The lowest BCUT2D eigenvalue weighted by Crippen LogP contribution is -2.41. The van der Waals surface area contributed by atoms with E-state index in [1.165, 1.54) is 43.0 Å². The number of carbonyl (C=O) groups excluding carboxylic acids is 2. The summed E-state index contributed by atoms with van der Waals surface area (Å²) in [7, 11) is 0.403. The van der Waals surface area contributed by atoms with Gasteiger partial charge in [-0.2, -0.15) is 4.31 Å². The molecule has 0 bridgehead atoms. The highest BCUT2D eigenvalue weighted by Gasteiger charge is 2.50. The summed E-state index contributed by atoms with van der Waals surface area (Å²) in [5, 5.41) is 3.25. The molecule has 4 heterocycles. The van der Waals surface area contributed by atoms with Crippen LogP contribution < -0.4 is 15.0 Å². The van der Waals surface area contributed by atoms with Gasteiger partial charge in [0.15, 0.2) is 5.13 Å². The number of methoxy groups -OCH3 is 3. The van der Waals surface area contributed by atoms with Gasteiger partial charge in [-0.1, -0.05) is 41.7 Å². The van der Waals surface area contributed by atoms with Crippen LogP contribution in [-0.2, 0) is 31.5 Å². The van der Waals surface area contributed by atoms with E-state index in [1.54, 1.807) is 34.1 Å². The van der Waals surface area contributed by atoms with Crippen LogP contribution in [0.5, 0.6) is 5.88 Å². The molecule has 0 saturated carbocycles. The van der Waals surface area contributed by atoms with Gasteiger partial charge in [0, 0.05) is 57.0 Å². The molecule has 1 fully saturated rings. The average Bonchev–Trinajstić information content (AvgIpc) is 3.77. The Morgan fingerprint density at radius 1 is 1.04 bits per heavy atom. The molecule has 1 atom stereocenters. The molecule has 2 aromatic carbocycles. The third-order valence-corrected chi connectivity index (χ3v) is 11.1. The minimum atomic E-state index is -3.98. The fourth-order valence-corrected chi connectivity index (χ4v) is 8.29. The molecule has 4 aromatic rings. The molecule has 1 N–H and O–H groups in total. The van der Waals surface area contributed by atoms with Gasteiger partial charge in [-0.05, 0) is 41.8 Å². The van der Waals surface area contributed by atoms with Gasteiger partial charge in [-0.25, -0.2) is 28.0 Å². The number of likely N-dealkylation sites (tertiary alicyclic amines) is 1. The van der Waals surface area contributed by atoms with Gasteiger partial charge in [-0.3, -0.25) is 10.2 Å². The lowest BCUT2D eigenvalue weighted by Gasteiger charge is -2.26. The highest BCUT2D eigenvalue weighted by Crippen LogP contribution is 2.48. The highest BCUT2D eigenvalue weighted by atomic mass is 32.2. The van der Waals surface area contributed by atoms with E-state index < -0.39 is 27.6 Å². The molecule has 0 aliphatic carbocycles. The molecule has 2 aromatic heterocycles. The van der Waals surface area contributed by atoms with Crippen molar-refractivity contribution in [1.82, 2.24) is 19.2 Å². The molecule has 1 saturated heterocycles. The predicted molar refractivity (Wildman–Crippen MR) is 173 cm³/mol. The van der Waals surface area contributed by atoms with E-state index in [9.17, 15) is 18.0 Å². The van der Waals surface area contributed by atoms with E-state index in [0.717, 1.165) is 5.56 Å². The first-order valence-electron chi connectivity index (χ1n) is 14.6. The van der Waals surface area contributed by atoms with Crippen LogP contribution in [0.4, 0.5) is 20.4 Å². The van der Waals surface area contributed by atoms with Gasteiger partial charge in [-0.15, -0.1) is 0 Å². The van der Waals surface area contributed by atoms with Crippen LogP contribution in [0.1, 0.15) is 17.5 Å². The Kier molecular flexibility index (Phi) is 8.83. The van der Waals surface area contributed by atoms with Crippen LogP contribution in [0.15, 0.2) is 65.6 Å². The molecule has 15 heteroatoms. The standard InChI is InChI=1S/C31H34N6O7S2/c1-42-16-15-36(18-21-7-5-4-6-8-21)46(40,41)22-9-11-25-23(17-22)31(13-14-35(19-31)30(39)44-3)20-37(25)29(38)34-28-32-24-10-12-26(43-2)33-27(24)45-28/h4-12,17H,13-16,18-20H2,1-3H3,(H,32,34,38)/t31-/m0/s1. The van der Waals surface area contributed by atoms with Gasteiger partial charge < -0.3 is 19.1 Å². The number of nitrogens with one attached hydrogen (secondary N) is 1. The van der Waals surface area contributed by atoms with Crippen LogP contribution in [0.3, 0.4) is 0 Å². The number of anilines is 2. The number of hydrogen-bond acceptors (Lipinski definition) is 10. The number of hydrogen-bond donors (Lipinski definition) is 1. The number of thiazole rings is 1. The molecule has 2 aliphatic heterocycles. The second-order valence-corrected chi connectivity index (χ2v) is 14.0. The topological polar surface area (TPSA) is 144 Å². The summed E-state index contributed by atoms with van der Waals surface area (Å²) in [5.41, 5.74) is 2.00. The van der Waals surface area contributed by atoms with Crippen molar-refractivity contribution < 1.29 is 32.2 Å². The van der Waals surface area contributed by atoms with Crippen LogP contribution in [0.25, 0.3) is 10.3 Å². The summed E-state index contributed by atoms with van der Waals surface area (Å²) in [5.74, 6) is 0.441. The smallest absolute Gasteiger partial charge is 0.409 e. The summed E-state index contributed by atoms with van der Waals surface area (Å²) in [6, 6.07) is 17.2. The summed E-state index contributed by atoms with van der Waals surface area (Å²) >= 11 is 1.22. The summed E-state index contributed by atoms with van der Waals surface area (Å²) in [4.78, 5) is 39.1. The Bertz CT molecular complexity index is 1870. The number of benzene rings is 2. The first kappa shape index (κ1) is 31.7.